The Morgan fingerprint density at radius 1 is 1.25 bits per heavy atom. The normalized spacial score (nSPS) is 15.1. The first kappa shape index (κ1) is 15.2. The molecule has 6 nitrogen and oxygen atoms in total. The number of nitrogens with one attached hydrogen (secondary N) is 2. The van der Waals surface area contributed by atoms with Gasteiger partial charge in [-0.3, -0.25) is 15.0 Å². The van der Waals surface area contributed by atoms with Crippen LogP contribution in [0.5, 0.6) is 0 Å². The molecule has 0 bridgehead atoms. The first-order chi connectivity index (χ1) is 9.69. The molecule has 1 aliphatic heterocycles. The van der Waals surface area contributed by atoms with Crippen LogP contribution in [0.25, 0.3) is 0 Å². The van der Waals surface area contributed by atoms with Gasteiger partial charge in [-0.2, -0.15) is 0 Å². The van der Waals surface area contributed by atoms with Crippen molar-refractivity contribution in [3.05, 3.63) is 29.8 Å². The van der Waals surface area contributed by atoms with Gasteiger partial charge in [-0.25, -0.2) is 5.84 Å². The van der Waals surface area contributed by atoms with E-state index in [0.29, 0.717) is 11.3 Å². The molecule has 2 rings (SSSR count). The van der Waals surface area contributed by atoms with Crippen LogP contribution < -0.4 is 16.6 Å². The molecule has 2 amide bonds. The molecular formula is C12H15N3O3S2. The Bertz CT molecular complexity index is 475. The Labute approximate surface area is 124 Å². The average Bonchev–Trinajstić information content (AvgIpc) is 2.98. The van der Waals surface area contributed by atoms with Gasteiger partial charge in [-0.05, 0) is 24.3 Å². The highest BCUT2D eigenvalue weighted by Gasteiger charge is 2.18. The van der Waals surface area contributed by atoms with Crippen molar-refractivity contribution in [1.82, 2.24) is 5.43 Å². The topological polar surface area (TPSA) is 93.5 Å². The van der Waals surface area contributed by atoms with Gasteiger partial charge in [0.15, 0.2) is 0 Å². The monoisotopic (exact) mass is 313 g/mol. The average molecular weight is 313 g/mol. The summed E-state index contributed by atoms with van der Waals surface area (Å²) in [5.74, 6) is 6.29. The van der Waals surface area contributed by atoms with Crippen LogP contribution in [0.3, 0.4) is 0 Å². The molecule has 20 heavy (non-hydrogen) atoms. The number of benzene rings is 1. The lowest BCUT2D eigenvalue weighted by molar-refractivity contribution is -0.121. The van der Waals surface area contributed by atoms with Crippen LogP contribution in [0.15, 0.2) is 24.3 Å². The second-order valence-corrected chi connectivity index (χ2v) is 6.65. The maximum atomic E-state index is 11.7. The number of hydrogen-bond donors (Lipinski definition) is 3. The van der Waals surface area contributed by atoms with Crippen molar-refractivity contribution in [2.24, 2.45) is 5.84 Å². The third-order valence-corrected chi connectivity index (χ3v) is 5.10. The van der Waals surface area contributed by atoms with E-state index in [9.17, 15) is 9.59 Å². The predicted octanol–water partition coefficient (Wildman–Crippen LogP) is 1.01. The summed E-state index contributed by atoms with van der Waals surface area (Å²) in [6.45, 7) is 0.0385. The van der Waals surface area contributed by atoms with Gasteiger partial charge in [0.2, 0.25) is 5.91 Å². The van der Waals surface area contributed by atoms with Crippen molar-refractivity contribution >= 4 is 39.1 Å². The summed E-state index contributed by atoms with van der Waals surface area (Å²) < 4.78 is 5.48. The van der Waals surface area contributed by atoms with E-state index in [2.05, 4.69) is 5.32 Å². The van der Waals surface area contributed by atoms with Crippen molar-refractivity contribution in [3.63, 3.8) is 0 Å². The van der Waals surface area contributed by atoms with Gasteiger partial charge in [0.25, 0.3) is 5.91 Å². The van der Waals surface area contributed by atoms with E-state index < -0.39 is 0 Å². The van der Waals surface area contributed by atoms with Gasteiger partial charge >= 0.3 is 0 Å². The second-order valence-electron chi connectivity index (χ2n) is 4.10. The Morgan fingerprint density at radius 3 is 2.50 bits per heavy atom. The van der Waals surface area contributed by atoms with Crippen LogP contribution >= 0.6 is 21.6 Å². The van der Waals surface area contributed by atoms with Crippen molar-refractivity contribution in [3.8, 4) is 0 Å². The summed E-state index contributed by atoms with van der Waals surface area (Å²) in [7, 11) is 3.51. The Hall–Kier alpha value is -1.22. The van der Waals surface area contributed by atoms with Gasteiger partial charge in [0.1, 0.15) is 6.61 Å². The Morgan fingerprint density at radius 2 is 1.90 bits per heavy atom. The molecule has 0 atom stereocenters. The van der Waals surface area contributed by atoms with E-state index in [1.165, 1.54) is 0 Å². The van der Waals surface area contributed by atoms with Gasteiger partial charge < -0.3 is 10.1 Å². The number of amides is 2. The molecule has 1 saturated heterocycles. The smallest absolute Gasteiger partial charge is 0.265 e. The van der Waals surface area contributed by atoms with E-state index in [1.807, 2.05) is 5.43 Å². The molecule has 0 saturated carbocycles. The molecule has 1 aromatic carbocycles. The van der Waals surface area contributed by atoms with Gasteiger partial charge in [-0.1, -0.05) is 21.6 Å². The molecule has 0 radical (unpaired) electrons. The third-order valence-electron chi connectivity index (χ3n) is 2.60. The summed E-state index contributed by atoms with van der Waals surface area (Å²) in [6.07, 6.45) is 0.145. The standard InChI is InChI=1S/C12H15N3O3S2/c13-15-12(17)8-1-3-9(4-2-8)14-11(16)5-18-10-6-19-20-7-10/h1-4,10H,5-7,13H2,(H,14,16)(H,15,17). The highest BCUT2D eigenvalue weighted by atomic mass is 33.1. The molecule has 0 unspecified atom stereocenters. The molecule has 0 spiro atoms. The highest BCUT2D eigenvalue weighted by molar-refractivity contribution is 8.77. The van der Waals surface area contributed by atoms with Gasteiger partial charge in [0, 0.05) is 22.8 Å². The molecule has 0 aliphatic carbocycles. The molecule has 1 heterocycles. The van der Waals surface area contributed by atoms with Crippen LogP contribution in [0, 0.1) is 0 Å². The van der Waals surface area contributed by atoms with Gasteiger partial charge in [-0.15, -0.1) is 0 Å². The molecular weight excluding hydrogens is 298 g/mol. The molecule has 1 aromatic rings. The number of nitrogen functional groups attached to an aromatic ring is 1. The molecule has 8 heteroatoms. The van der Waals surface area contributed by atoms with Crippen LogP contribution in [-0.4, -0.2) is 36.0 Å². The van der Waals surface area contributed by atoms with Crippen molar-refractivity contribution in [2.75, 3.05) is 23.4 Å². The summed E-state index contributed by atoms with van der Waals surface area (Å²) >= 11 is 0. The van der Waals surface area contributed by atoms with Crippen molar-refractivity contribution in [2.45, 2.75) is 6.10 Å². The fourth-order valence-electron chi connectivity index (χ4n) is 1.57. The zero-order valence-electron chi connectivity index (χ0n) is 10.6. The van der Waals surface area contributed by atoms with Gasteiger partial charge in [0.05, 0.1) is 6.10 Å². The number of ether oxygens (including phenoxy) is 1. The minimum atomic E-state index is -0.373. The number of rotatable bonds is 5. The Balaban J connectivity index is 1.80. The quantitative estimate of drug-likeness (QED) is 0.325. The first-order valence-corrected chi connectivity index (χ1v) is 8.44. The van der Waals surface area contributed by atoms with Crippen LogP contribution in [0.2, 0.25) is 0 Å². The van der Waals surface area contributed by atoms with Crippen LogP contribution in [-0.2, 0) is 9.53 Å². The van der Waals surface area contributed by atoms with E-state index >= 15 is 0 Å². The number of hydrogen-bond acceptors (Lipinski definition) is 6. The molecule has 1 fully saturated rings. The minimum Gasteiger partial charge on any atom is -0.367 e. The largest absolute Gasteiger partial charge is 0.367 e. The lowest BCUT2D eigenvalue weighted by Gasteiger charge is -2.10. The van der Waals surface area contributed by atoms with Crippen molar-refractivity contribution in [1.29, 1.82) is 0 Å². The minimum absolute atomic E-state index is 0.0385. The van der Waals surface area contributed by atoms with Crippen molar-refractivity contribution < 1.29 is 14.3 Å². The van der Waals surface area contributed by atoms with E-state index in [-0.39, 0.29) is 24.5 Å². The number of carbonyl (C=O) groups is 2. The highest BCUT2D eigenvalue weighted by Crippen LogP contribution is 2.32. The number of nitrogens with two attached hydrogens (primary N) is 1. The first-order valence-electron chi connectivity index (χ1n) is 5.96. The summed E-state index contributed by atoms with van der Waals surface area (Å²) in [4.78, 5) is 22.9. The van der Waals surface area contributed by atoms with Crippen LogP contribution in [0.1, 0.15) is 10.4 Å². The second kappa shape index (κ2) is 7.53. The Kier molecular flexibility index (Phi) is 5.72. The number of anilines is 1. The fraction of sp³-hybridized carbons (Fsp3) is 0.333. The molecule has 0 aromatic heterocycles. The predicted molar refractivity (Wildman–Crippen MR) is 81.4 cm³/mol. The summed E-state index contributed by atoms with van der Waals surface area (Å²) in [6, 6.07) is 6.46. The molecule has 108 valence electrons. The third kappa shape index (κ3) is 4.41. The van der Waals surface area contributed by atoms with E-state index in [1.54, 1.807) is 45.9 Å². The van der Waals surface area contributed by atoms with E-state index in [0.717, 1.165) is 11.5 Å². The van der Waals surface area contributed by atoms with E-state index in [4.69, 9.17) is 10.6 Å². The summed E-state index contributed by atoms with van der Waals surface area (Å²) in [5, 5.41) is 2.71. The lowest BCUT2D eigenvalue weighted by Crippen LogP contribution is -2.29. The maximum absolute atomic E-state index is 11.7. The van der Waals surface area contributed by atoms with Crippen LogP contribution in [0.4, 0.5) is 5.69 Å². The zero-order chi connectivity index (χ0) is 14.4. The summed E-state index contributed by atoms with van der Waals surface area (Å²) in [5.41, 5.74) is 3.09. The SMILES string of the molecule is NNC(=O)c1ccc(NC(=O)COC2CSSC2)cc1. The number of carbonyl (C=O) groups excluding carboxylic acids is 2. The maximum Gasteiger partial charge on any atom is 0.265 e. The lowest BCUT2D eigenvalue weighted by atomic mass is 10.2. The molecule has 1 aliphatic rings. The molecule has 4 N–H and O–H groups in total. The fourth-order valence-corrected chi connectivity index (χ4v) is 4.13. The number of hydrazine groups is 1. The zero-order valence-corrected chi connectivity index (χ0v) is 12.3.